The van der Waals surface area contributed by atoms with E-state index in [0.717, 1.165) is 5.56 Å². The molecule has 0 spiro atoms. The SMILES string of the molecule is [N-]=[N+]=N[C@H]1[C@@H](O[C@H]2[C@H](OCc3ccccc3)[C@@H](N=[N+]=[N-])[C@@H]3OC[C@H]2O3)O[C@H](COC(=O)c2ccccc2)[C@@H](OC(=O)c2ccccc2)[C@@H]1OC(=O)c1ccccc1. The first-order chi connectivity index (χ1) is 27.9. The Bertz CT molecular complexity index is 2090. The molecule has 3 heterocycles. The van der Waals surface area contributed by atoms with Crippen molar-refractivity contribution in [3.63, 3.8) is 0 Å². The molecule has 3 aliphatic heterocycles. The molecule has 0 radical (unpaired) electrons. The molecule has 0 aromatic heterocycles. The number of ether oxygens (including phenoxy) is 8. The van der Waals surface area contributed by atoms with Crippen molar-refractivity contribution in [1.29, 1.82) is 0 Å². The molecule has 3 fully saturated rings. The minimum atomic E-state index is -1.58. The first-order valence-electron chi connectivity index (χ1n) is 18.0. The van der Waals surface area contributed by atoms with Crippen LogP contribution in [-0.2, 0) is 44.5 Å². The van der Waals surface area contributed by atoms with E-state index >= 15 is 0 Å². The number of fused-ring (bicyclic) bond motifs is 2. The summed E-state index contributed by atoms with van der Waals surface area (Å²) in [6, 6.07) is 30.9. The van der Waals surface area contributed by atoms with E-state index in [1.165, 1.54) is 24.3 Å². The Labute approximate surface area is 325 Å². The molecule has 17 heteroatoms. The van der Waals surface area contributed by atoms with Crippen molar-refractivity contribution in [2.24, 2.45) is 10.2 Å². The molecular formula is C40H36N6O11. The van der Waals surface area contributed by atoms with Gasteiger partial charge in [-0.1, -0.05) is 95.2 Å². The number of benzene rings is 4. The lowest BCUT2D eigenvalue weighted by Crippen LogP contribution is -2.64. The average Bonchev–Trinajstić information content (AvgIpc) is 3.70. The molecule has 57 heavy (non-hydrogen) atoms. The lowest BCUT2D eigenvalue weighted by atomic mass is 9.95. The highest BCUT2D eigenvalue weighted by atomic mass is 16.8. The summed E-state index contributed by atoms with van der Waals surface area (Å²) >= 11 is 0. The quantitative estimate of drug-likeness (QED) is 0.0467. The lowest BCUT2D eigenvalue weighted by Gasteiger charge is -2.46. The summed E-state index contributed by atoms with van der Waals surface area (Å²) in [7, 11) is 0. The van der Waals surface area contributed by atoms with Crippen LogP contribution in [0.15, 0.2) is 132 Å². The van der Waals surface area contributed by atoms with Crippen molar-refractivity contribution in [1.82, 2.24) is 0 Å². The average molecular weight is 777 g/mol. The van der Waals surface area contributed by atoms with Crippen molar-refractivity contribution in [2.75, 3.05) is 13.2 Å². The maximum absolute atomic E-state index is 13.7. The zero-order valence-corrected chi connectivity index (χ0v) is 30.1. The summed E-state index contributed by atoms with van der Waals surface area (Å²) in [5.74, 6) is -2.40. The van der Waals surface area contributed by atoms with Gasteiger partial charge in [-0.2, -0.15) is 0 Å². The van der Waals surface area contributed by atoms with E-state index < -0.39 is 85.8 Å². The van der Waals surface area contributed by atoms with Gasteiger partial charge in [0.05, 0.1) is 29.9 Å². The van der Waals surface area contributed by atoms with Crippen molar-refractivity contribution < 1.29 is 52.3 Å². The van der Waals surface area contributed by atoms with Gasteiger partial charge in [-0.15, -0.1) is 0 Å². The number of hydrogen-bond acceptors (Lipinski definition) is 13. The van der Waals surface area contributed by atoms with Crippen LogP contribution in [-0.4, -0.2) is 92.4 Å². The number of azide groups is 2. The summed E-state index contributed by atoms with van der Waals surface area (Å²) in [6.07, 6.45) is -9.87. The van der Waals surface area contributed by atoms with Gasteiger partial charge in [-0.3, -0.25) is 0 Å². The van der Waals surface area contributed by atoms with Gasteiger partial charge in [-0.05, 0) is 53.0 Å². The number of esters is 3. The van der Waals surface area contributed by atoms with Crippen LogP contribution in [0.3, 0.4) is 0 Å². The minimum absolute atomic E-state index is 0.0126. The van der Waals surface area contributed by atoms with Crippen LogP contribution in [0.4, 0.5) is 0 Å². The minimum Gasteiger partial charge on any atom is -0.459 e. The molecule has 0 unspecified atom stereocenters. The Balaban J connectivity index is 1.26. The van der Waals surface area contributed by atoms with Gasteiger partial charge >= 0.3 is 17.9 Å². The molecule has 17 nitrogen and oxygen atoms in total. The van der Waals surface area contributed by atoms with Crippen molar-refractivity contribution in [2.45, 2.75) is 67.9 Å². The molecule has 0 amide bonds. The molecule has 2 bridgehead atoms. The van der Waals surface area contributed by atoms with E-state index in [2.05, 4.69) is 20.1 Å². The first kappa shape index (κ1) is 39.0. The van der Waals surface area contributed by atoms with Crippen molar-refractivity contribution in [3.05, 3.63) is 164 Å². The monoisotopic (exact) mass is 776 g/mol. The van der Waals surface area contributed by atoms with Gasteiger partial charge in [0, 0.05) is 9.82 Å². The molecule has 4 aromatic carbocycles. The normalized spacial score (nSPS) is 27.5. The van der Waals surface area contributed by atoms with Crippen LogP contribution in [0.1, 0.15) is 36.6 Å². The summed E-state index contributed by atoms with van der Waals surface area (Å²) in [5, 5.41) is 7.89. The van der Waals surface area contributed by atoms with Gasteiger partial charge in [0.1, 0.15) is 43.1 Å². The van der Waals surface area contributed by atoms with Crippen LogP contribution in [0.5, 0.6) is 0 Å². The van der Waals surface area contributed by atoms with E-state index in [0.29, 0.717) is 0 Å². The summed E-state index contributed by atoms with van der Waals surface area (Å²) in [4.78, 5) is 46.6. The molecule has 0 N–H and O–H groups in total. The third-order valence-electron chi connectivity index (χ3n) is 9.49. The highest BCUT2D eigenvalue weighted by Gasteiger charge is 2.56. The Hall–Kier alpha value is -6.29. The zero-order valence-electron chi connectivity index (χ0n) is 30.1. The van der Waals surface area contributed by atoms with Crippen LogP contribution in [0.25, 0.3) is 20.9 Å². The van der Waals surface area contributed by atoms with E-state index in [1.54, 1.807) is 66.7 Å². The number of rotatable bonds is 14. The topological polar surface area (TPSA) is 223 Å². The fraction of sp³-hybridized carbons (Fsp3) is 0.325. The summed E-state index contributed by atoms with van der Waals surface area (Å²) in [6.45, 7) is -0.438. The Morgan fingerprint density at radius 1 is 0.632 bits per heavy atom. The smallest absolute Gasteiger partial charge is 0.338 e. The predicted octanol–water partition coefficient (Wildman–Crippen LogP) is 6.10. The second-order valence-corrected chi connectivity index (χ2v) is 13.1. The molecule has 3 aliphatic rings. The van der Waals surface area contributed by atoms with Crippen LogP contribution < -0.4 is 0 Å². The van der Waals surface area contributed by atoms with Gasteiger partial charge in [0.15, 0.2) is 24.8 Å². The van der Waals surface area contributed by atoms with E-state index in [1.807, 2.05) is 30.3 Å². The first-order valence-corrected chi connectivity index (χ1v) is 18.0. The van der Waals surface area contributed by atoms with E-state index in [-0.39, 0.29) is 29.9 Å². The third kappa shape index (κ3) is 9.23. The van der Waals surface area contributed by atoms with Gasteiger partial charge in [-0.25, -0.2) is 14.4 Å². The van der Waals surface area contributed by atoms with E-state index in [9.17, 15) is 25.4 Å². The summed E-state index contributed by atoms with van der Waals surface area (Å²) in [5.41, 5.74) is 20.8. The fourth-order valence-corrected chi connectivity index (χ4v) is 6.76. The second-order valence-electron chi connectivity index (χ2n) is 13.1. The number of nitrogens with zero attached hydrogens (tertiary/aromatic N) is 6. The lowest BCUT2D eigenvalue weighted by molar-refractivity contribution is -0.307. The molecule has 10 atom stereocenters. The Morgan fingerprint density at radius 3 is 1.74 bits per heavy atom. The second kappa shape index (κ2) is 18.6. The maximum atomic E-state index is 13.7. The standard InChI is InChI=1S/C40H36N6O11/c41-45-43-30-34(50-21-24-13-5-1-6-14-24)32(29-23-52-39(30)53-29)57-40-31(44-46-42)35(56-38(49)27-19-11-4-12-20-27)33(55-37(48)26-17-9-3-10-18-26)28(54-40)22-51-36(47)25-15-7-2-8-16-25/h1-20,28-35,39-40H,21-23H2/t28-,29-,30-,31-,32-,33-,34-,35-,39-,40-/m1/s1. The molecule has 7 rings (SSSR count). The zero-order chi connectivity index (χ0) is 39.6. The van der Waals surface area contributed by atoms with Crippen molar-refractivity contribution in [3.8, 4) is 0 Å². The molecule has 3 saturated heterocycles. The van der Waals surface area contributed by atoms with Crippen LogP contribution >= 0.6 is 0 Å². The van der Waals surface area contributed by atoms with Gasteiger partial charge < -0.3 is 37.9 Å². The molecule has 0 saturated carbocycles. The molecule has 292 valence electrons. The van der Waals surface area contributed by atoms with Gasteiger partial charge in [0.25, 0.3) is 0 Å². The van der Waals surface area contributed by atoms with Crippen molar-refractivity contribution >= 4 is 17.9 Å². The van der Waals surface area contributed by atoms with Crippen LogP contribution in [0, 0.1) is 0 Å². The number of carbonyl (C=O) groups excluding carboxylic acids is 3. The van der Waals surface area contributed by atoms with Gasteiger partial charge in [0.2, 0.25) is 0 Å². The van der Waals surface area contributed by atoms with E-state index in [4.69, 9.17) is 37.9 Å². The molecule has 4 aromatic rings. The number of carbonyl (C=O) groups is 3. The Kier molecular flexibility index (Phi) is 12.7. The fourth-order valence-electron chi connectivity index (χ4n) is 6.76. The largest absolute Gasteiger partial charge is 0.459 e. The molecule has 0 aliphatic carbocycles. The summed E-state index contributed by atoms with van der Waals surface area (Å²) < 4.78 is 49.0. The predicted molar refractivity (Wildman–Crippen MR) is 197 cm³/mol. The number of hydrogen-bond donors (Lipinski definition) is 0. The molecular weight excluding hydrogens is 740 g/mol. The maximum Gasteiger partial charge on any atom is 0.338 e. The Morgan fingerprint density at radius 2 is 1.16 bits per heavy atom. The third-order valence-corrected chi connectivity index (χ3v) is 9.49. The highest BCUT2D eigenvalue weighted by Crippen LogP contribution is 2.38. The van der Waals surface area contributed by atoms with Crippen LogP contribution in [0.2, 0.25) is 0 Å². The highest BCUT2D eigenvalue weighted by molar-refractivity contribution is 5.91.